The molecule has 5 heteroatoms. The van der Waals surface area contributed by atoms with Crippen molar-refractivity contribution in [2.75, 3.05) is 5.73 Å². The van der Waals surface area contributed by atoms with E-state index in [4.69, 9.17) is 5.73 Å². The van der Waals surface area contributed by atoms with Crippen LogP contribution in [0.15, 0.2) is 42.5 Å². The summed E-state index contributed by atoms with van der Waals surface area (Å²) in [6.07, 6.45) is -5.62. The molecule has 0 aliphatic heterocycles. The molecule has 1 atom stereocenters. The number of anilines is 1. The smallest absolute Gasteiger partial charge is 0.398 e. The summed E-state index contributed by atoms with van der Waals surface area (Å²) in [5.74, 6) is 0. The van der Waals surface area contributed by atoms with Crippen molar-refractivity contribution in [1.82, 2.24) is 0 Å². The molecule has 0 saturated carbocycles. The van der Waals surface area contributed by atoms with E-state index in [9.17, 15) is 18.3 Å². The highest BCUT2D eigenvalue weighted by Crippen LogP contribution is 2.33. The van der Waals surface area contributed by atoms with Crippen molar-refractivity contribution < 1.29 is 18.3 Å². The monoisotopic (exact) mass is 281 g/mol. The number of hydrogen-bond donors (Lipinski definition) is 2. The Hall–Kier alpha value is -2.01. The molecule has 0 aliphatic rings. The zero-order valence-corrected chi connectivity index (χ0v) is 10.8. The van der Waals surface area contributed by atoms with E-state index in [0.29, 0.717) is 11.3 Å². The number of rotatable bonds is 2. The van der Waals surface area contributed by atoms with Gasteiger partial charge in [0.05, 0.1) is 5.56 Å². The molecule has 0 saturated heterocycles. The molecule has 0 aromatic heterocycles. The minimum absolute atomic E-state index is 0.162. The summed E-state index contributed by atoms with van der Waals surface area (Å²) in [4.78, 5) is 0. The number of halogens is 3. The average Bonchev–Trinajstić information content (AvgIpc) is 2.37. The van der Waals surface area contributed by atoms with Crippen molar-refractivity contribution in [3.8, 4) is 0 Å². The average molecular weight is 281 g/mol. The maximum Gasteiger partial charge on any atom is 0.416 e. The molecule has 2 rings (SSSR count). The molecule has 0 heterocycles. The van der Waals surface area contributed by atoms with E-state index in [1.165, 1.54) is 12.1 Å². The number of aryl methyl sites for hydroxylation is 1. The highest BCUT2D eigenvalue weighted by Gasteiger charge is 2.31. The van der Waals surface area contributed by atoms with Gasteiger partial charge in [0.1, 0.15) is 6.10 Å². The Kier molecular flexibility index (Phi) is 3.72. The van der Waals surface area contributed by atoms with Gasteiger partial charge in [0.2, 0.25) is 0 Å². The third kappa shape index (κ3) is 2.93. The Morgan fingerprint density at radius 2 is 1.80 bits per heavy atom. The van der Waals surface area contributed by atoms with Crippen molar-refractivity contribution in [2.45, 2.75) is 19.2 Å². The molecule has 2 aromatic carbocycles. The Morgan fingerprint density at radius 1 is 1.10 bits per heavy atom. The Balaban J connectivity index is 2.41. The van der Waals surface area contributed by atoms with Gasteiger partial charge in [0, 0.05) is 11.3 Å². The van der Waals surface area contributed by atoms with E-state index >= 15 is 0 Å². The van der Waals surface area contributed by atoms with Crippen LogP contribution in [0.5, 0.6) is 0 Å². The van der Waals surface area contributed by atoms with Gasteiger partial charge in [0.15, 0.2) is 0 Å². The minimum Gasteiger partial charge on any atom is -0.398 e. The SMILES string of the molecule is Cc1ccc(C(O)c2cccc(C(F)(F)F)c2)c(N)c1. The van der Waals surface area contributed by atoms with Crippen LogP contribution in [0.3, 0.4) is 0 Å². The fraction of sp³-hybridized carbons (Fsp3) is 0.200. The quantitative estimate of drug-likeness (QED) is 0.825. The highest BCUT2D eigenvalue weighted by molar-refractivity contribution is 5.52. The zero-order chi connectivity index (χ0) is 14.9. The van der Waals surface area contributed by atoms with E-state index in [2.05, 4.69) is 0 Å². The number of nitrogen functional groups attached to an aromatic ring is 1. The van der Waals surface area contributed by atoms with E-state index in [1.807, 2.05) is 6.92 Å². The van der Waals surface area contributed by atoms with Crippen LogP contribution in [0, 0.1) is 6.92 Å². The van der Waals surface area contributed by atoms with Gasteiger partial charge in [-0.05, 0) is 36.2 Å². The molecule has 0 fully saturated rings. The Morgan fingerprint density at radius 3 is 2.40 bits per heavy atom. The van der Waals surface area contributed by atoms with E-state index in [0.717, 1.165) is 17.7 Å². The lowest BCUT2D eigenvalue weighted by Crippen LogP contribution is -2.08. The summed E-state index contributed by atoms with van der Waals surface area (Å²) >= 11 is 0. The first kappa shape index (κ1) is 14.4. The molecule has 0 amide bonds. The summed E-state index contributed by atoms with van der Waals surface area (Å²) in [6.45, 7) is 1.84. The van der Waals surface area contributed by atoms with Crippen molar-refractivity contribution in [1.29, 1.82) is 0 Å². The molecule has 3 N–H and O–H groups in total. The van der Waals surface area contributed by atoms with Gasteiger partial charge >= 0.3 is 6.18 Å². The van der Waals surface area contributed by atoms with Crippen molar-refractivity contribution in [3.05, 3.63) is 64.7 Å². The molecule has 2 nitrogen and oxygen atoms in total. The van der Waals surface area contributed by atoms with Crippen molar-refractivity contribution >= 4 is 5.69 Å². The first-order chi connectivity index (χ1) is 9.29. The Bertz CT molecular complexity index is 623. The van der Waals surface area contributed by atoms with Crippen LogP contribution in [0.25, 0.3) is 0 Å². The first-order valence-electron chi connectivity index (χ1n) is 6.00. The van der Waals surface area contributed by atoms with Gasteiger partial charge < -0.3 is 10.8 Å². The number of benzene rings is 2. The lowest BCUT2D eigenvalue weighted by molar-refractivity contribution is -0.137. The summed E-state index contributed by atoms with van der Waals surface area (Å²) in [7, 11) is 0. The van der Waals surface area contributed by atoms with Crippen LogP contribution in [-0.4, -0.2) is 5.11 Å². The standard InChI is InChI=1S/C15H14F3NO/c1-9-5-6-12(13(19)7-9)14(20)10-3-2-4-11(8-10)15(16,17)18/h2-8,14,20H,19H2,1H3. The maximum absolute atomic E-state index is 12.7. The highest BCUT2D eigenvalue weighted by atomic mass is 19.4. The number of aliphatic hydroxyl groups excluding tert-OH is 1. The van der Waals surface area contributed by atoms with Gasteiger partial charge in [-0.1, -0.05) is 24.3 Å². The lowest BCUT2D eigenvalue weighted by atomic mass is 9.97. The number of nitrogens with two attached hydrogens (primary N) is 1. The third-order valence-corrected chi connectivity index (χ3v) is 3.07. The molecule has 106 valence electrons. The van der Waals surface area contributed by atoms with Crippen molar-refractivity contribution in [3.63, 3.8) is 0 Å². The van der Waals surface area contributed by atoms with Crippen LogP contribution in [-0.2, 0) is 6.18 Å². The molecule has 2 aromatic rings. The van der Waals surface area contributed by atoms with E-state index in [1.54, 1.807) is 18.2 Å². The minimum atomic E-state index is -4.44. The van der Waals surface area contributed by atoms with E-state index in [-0.39, 0.29) is 5.56 Å². The predicted molar refractivity (Wildman–Crippen MR) is 71.1 cm³/mol. The fourth-order valence-electron chi connectivity index (χ4n) is 2.01. The van der Waals surface area contributed by atoms with Crippen LogP contribution < -0.4 is 5.73 Å². The molecule has 0 radical (unpaired) electrons. The molecule has 0 bridgehead atoms. The van der Waals surface area contributed by atoms with Gasteiger partial charge in [0.25, 0.3) is 0 Å². The Labute approximate surface area is 114 Å². The van der Waals surface area contributed by atoms with Crippen molar-refractivity contribution in [2.24, 2.45) is 0 Å². The second-order valence-electron chi connectivity index (χ2n) is 4.66. The largest absolute Gasteiger partial charge is 0.416 e. The predicted octanol–water partition coefficient (Wildman–Crippen LogP) is 3.68. The van der Waals surface area contributed by atoms with Gasteiger partial charge in [-0.2, -0.15) is 13.2 Å². The maximum atomic E-state index is 12.7. The molecule has 0 aliphatic carbocycles. The first-order valence-corrected chi connectivity index (χ1v) is 6.00. The molecule has 20 heavy (non-hydrogen) atoms. The van der Waals surface area contributed by atoms with Gasteiger partial charge in [-0.3, -0.25) is 0 Å². The van der Waals surface area contributed by atoms with Gasteiger partial charge in [-0.25, -0.2) is 0 Å². The summed E-state index contributed by atoms with van der Waals surface area (Å²) in [5.41, 5.74) is 6.85. The summed E-state index contributed by atoms with van der Waals surface area (Å²) in [5, 5.41) is 10.2. The van der Waals surface area contributed by atoms with Crippen LogP contribution in [0.2, 0.25) is 0 Å². The van der Waals surface area contributed by atoms with E-state index < -0.39 is 17.8 Å². The van der Waals surface area contributed by atoms with Crippen LogP contribution in [0.1, 0.15) is 28.4 Å². The summed E-state index contributed by atoms with van der Waals surface area (Å²) in [6, 6.07) is 9.66. The topological polar surface area (TPSA) is 46.2 Å². The van der Waals surface area contributed by atoms with Crippen LogP contribution in [0.4, 0.5) is 18.9 Å². The molecular weight excluding hydrogens is 267 g/mol. The number of aliphatic hydroxyl groups is 1. The third-order valence-electron chi connectivity index (χ3n) is 3.07. The fourth-order valence-corrected chi connectivity index (χ4v) is 2.01. The zero-order valence-electron chi connectivity index (χ0n) is 10.8. The van der Waals surface area contributed by atoms with Crippen LogP contribution >= 0.6 is 0 Å². The molecule has 0 spiro atoms. The normalized spacial score (nSPS) is 13.2. The number of alkyl halides is 3. The van der Waals surface area contributed by atoms with Gasteiger partial charge in [-0.15, -0.1) is 0 Å². The molecule has 1 unspecified atom stereocenters. The number of hydrogen-bond acceptors (Lipinski definition) is 2. The lowest BCUT2D eigenvalue weighted by Gasteiger charge is -2.16. The summed E-state index contributed by atoms with van der Waals surface area (Å²) < 4.78 is 38.0. The molecular formula is C15H14F3NO. The second-order valence-corrected chi connectivity index (χ2v) is 4.66. The second kappa shape index (κ2) is 5.17.